The number of rotatable bonds is 5. The third kappa shape index (κ3) is 4.06. The van der Waals surface area contributed by atoms with Crippen molar-refractivity contribution < 1.29 is 9.53 Å². The monoisotopic (exact) mass is 403 g/mol. The summed E-state index contributed by atoms with van der Waals surface area (Å²) in [4.78, 5) is 12.2. The van der Waals surface area contributed by atoms with Crippen LogP contribution >= 0.6 is 31.9 Å². The summed E-state index contributed by atoms with van der Waals surface area (Å²) in [6.07, 6.45) is 4.73. The molecule has 0 amide bonds. The van der Waals surface area contributed by atoms with Gasteiger partial charge in [-0.3, -0.25) is 5.32 Å². The lowest BCUT2D eigenvalue weighted by Gasteiger charge is -2.22. The van der Waals surface area contributed by atoms with Crippen LogP contribution in [0.3, 0.4) is 0 Å². The van der Waals surface area contributed by atoms with E-state index in [9.17, 15) is 4.79 Å². The summed E-state index contributed by atoms with van der Waals surface area (Å²) in [6, 6.07) is 5.89. The number of hydrogen-bond acceptors (Lipinski definition) is 3. The van der Waals surface area contributed by atoms with Gasteiger partial charge in [0.05, 0.1) is 6.61 Å². The van der Waals surface area contributed by atoms with E-state index in [1.165, 1.54) is 12.8 Å². The molecule has 1 aromatic rings. The van der Waals surface area contributed by atoms with Crippen LogP contribution in [0.4, 0.5) is 0 Å². The molecule has 2 rings (SSSR count). The van der Waals surface area contributed by atoms with Crippen molar-refractivity contribution in [3.05, 3.63) is 32.7 Å². The van der Waals surface area contributed by atoms with E-state index in [-0.39, 0.29) is 12.0 Å². The molecule has 0 saturated heterocycles. The van der Waals surface area contributed by atoms with Gasteiger partial charge < -0.3 is 4.74 Å². The zero-order chi connectivity index (χ0) is 14.5. The number of esters is 1. The molecule has 0 aromatic heterocycles. The van der Waals surface area contributed by atoms with E-state index in [0.29, 0.717) is 12.6 Å². The SMILES string of the molecule is CCOC(=O)C(NC1CCCC1)c1ccc(Br)c(Br)c1. The van der Waals surface area contributed by atoms with Crippen molar-refractivity contribution >= 4 is 37.8 Å². The Kier molecular flexibility index (Phi) is 6.05. The van der Waals surface area contributed by atoms with Crippen molar-refractivity contribution in [3.8, 4) is 0 Å². The molecule has 0 bridgehead atoms. The van der Waals surface area contributed by atoms with Crippen LogP contribution in [0.1, 0.15) is 44.2 Å². The molecule has 110 valence electrons. The van der Waals surface area contributed by atoms with E-state index in [1.54, 1.807) is 0 Å². The summed E-state index contributed by atoms with van der Waals surface area (Å²) in [7, 11) is 0. The van der Waals surface area contributed by atoms with Crippen LogP contribution in [0.15, 0.2) is 27.1 Å². The summed E-state index contributed by atoms with van der Waals surface area (Å²) in [6.45, 7) is 2.24. The zero-order valence-electron chi connectivity index (χ0n) is 11.5. The molecular weight excluding hydrogens is 386 g/mol. The minimum atomic E-state index is -0.387. The average Bonchev–Trinajstić information content (AvgIpc) is 2.92. The van der Waals surface area contributed by atoms with Crippen LogP contribution in [0.25, 0.3) is 0 Å². The first-order valence-corrected chi connectivity index (χ1v) is 8.58. The van der Waals surface area contributed by atoms with Gasteiger partial charge in [0.2, 0.25) is 0 Å². The first kappa shape index (κ1) is 16.0. The van der Waals surface area contributed by atoms with Crippen molar-refractivity contribution in [3.63, 3.8) is 0 Å². The minimum absolute atomic E-state index is 0.200. The normalized spacial score (nSPS) is 17.1. The first-order chi connectivity index (χ1) is 9.61. The van der Waals surface area contributed by atoms with Crippen molar-refractivity contribution in [2.45, 2.75) is 44.7 Å². The minimum Gasteiger partial charge on any atom is -0.465 e. The highest BCUT2D eigenvalue weighted by molar-refractivity contribution is 9.13. The van der Waals surface area contributed by atoms with Gasteiger partial charge in [-0.2, -0.15) is 0 Å². The Morgan fingerprint density at radius 3 is 2.65 bits per heavy atom. The Hall–Kier alpha value is -0.390. The molecule has 0 aliphatic heterocycles. The number of halogens is 2. The number of nitrogens with one attached hydrogen (secondary N) is 1. The second kappa shape index (κ2) is 7.57. The molecule has 5 heteroatoms. The molecule has 1 unspecified atom stereocenters. The third-order valence-corrected chi connectivity index (χ3v) is 5.44. The van der Waals surface area contributed by atoms with Crippen molar-refractivity contribution in [2.24, 2.45) is 0 Å². The Morgan fingerprint density at radius 1 is 1.35 bits per heavy atom. The maximum Gasteiger partial charge on any atom is 0.327 e. The van der Waals surface area contributed by atoms with Crippen LogP contribution in [-0.2, 0) is 9.53 Å². The van der Waals surface area contributed by atoms with Gasteiger partial charge in [0.15, 0.2) is 0 Å². The summed E-state index contributed by atoms with van der Waals surface area (Å²) < 4.78 is 7.13. The van der Waals surface area contributed by atoms with E-state index in [2.05, 4.69) is 37.2 Å². The second-order valence-corrected chi connectivity index (χ2v) is 6.72. The van der Waals surface area contributed by atoms with Crippen LogP contribution in [0.2, 0.25) is 0 Å². The van der Waals surface area contributed by atoms with Crippen LogP contribution in [-0.4, -0.2) is 18.6 Å². The van der Waals surface area contributed by atoms with Gasteiger partial charge in [-0.25, -0.2) is 4.79 Å². The molecule has 0 heterocycles. The largest absolute Gasteiger partial charge is 0.465 e. The fourth-order valence-corrected chi connectivity index (χ4v) is 3.19. The summed E-state index contributed by atoms with van der Waals surface area (Å²) in [5.74, 6) is -0.200. The van der Waals surface area contributed by atoms with E-state index in [4.69, 9.17) is 4.74 Å². The standard InChI is InChI=1S/C15H19Br2NO2/c1-2-20-15(19)14(18-11-5-3-4-6-11)10-7-8-12(16)13(17)9-10/h7-9,11,14,18H,2-6H2,1H3. The molecule has 20 heavy (non-hydrogen) atoms. The van der Waals surface area contributed by atoms with Gasteiger partial charge in [0.25, 0.3) is 0 Å². The van der Waals surface area contributed by atoms with Crippen molar-refractivity contribution in [1.29, 1.82) is 0 Å². The number of carbonyl (C=O) groups excluding carboxylic acids is 1. The van der Waals surface area contributed by atoms with Crippen LogP contribution in [0.5, 0.6) is 0 Å². The topological polar surface area (TPSA) is 38.3 Å². The Morgan fingerprint density at radius 2 is 2.05 bits per heavy atom. The summed E-state index contributed by atoms with van der Waals surface area (Å²) >= 11 is 6.94. The average molecular weight is 405 g/mol. The third-order valence-electron chi connectivity index (χ3n) is 3.56. The summed E-state index contributed by atoms with van der Waals surface area (Å²) in [5.41, 5.74) is 0.936. The predicted molar refractivity (Wildman–Crippen MR) is 86.6 cm³/mol. The lowest BCUT2D eigenvalue weighted by Crippen LogP contribution is -2.36. The van der Waals surface area contributed by atoms with Gasteiger partial charge in [0.1, 0.15) is 6.04 Å². The van der Waals surface area contributed by atoms with Gasteiger partial charge in [-0.05, 0) is 69.3 Å². The maximum atomic E-state index is 12.2. The molecule has 3 nitrogen and oxygen atoms in total. The maximum absolute atomic E-state index is 12.2. The lowest BCUT2D eigenvalue weighted by atomic mass is 10.1. The lowest BCUT2D eigenvalue weighted by molar-refractivity contribution is -0.146. The molecule has 0 radical (unpaired) electrons. The number of hydrogen-bond donors (Lipinski definition) is 1. The highest BCUT2D eigenvalue weighted by Crippen LogP contribution is 2.28. The van der Waals surface area contributed by atoms with Gasteiger partial charge in [-0.15, -0.1) is 0 Å². The second-order valence-electron chi connectivity index (χ2n) is 5.01. The van der Waals surface area contributed by atoms with Crippen LogP contribution < -0.4 is 5.32 Å². The molecule has 1 aromatic carbocycles. The molecule has 0 spiro atoms. The van der Waals surface area contributed by atoms with Crippen molar-refractivity contribution in [2.75, 3.05) is 6.61 Å². The molecule has 1 aliphatic rings. The van der Waals surface area contributed by atoms with E-state index in [1.807, 2.05) is 25.1 Å². The predicted octanol–water partition coefficient (Wildman–Crippen LogP) is 4.35. The molecule has 1 aliphatic carbocycles. The Bertz CT molecular complexity index is 473. The molecule has 1 saturated carbocycles. The van der Waals surface area contributed by atoms with Gasteiger partial charge in [0, 0.05) is 15.0 Å². The van der Waals surface area contributed by atoms with Crippen molar-refractivity contribution in [1.82, 2.24) is 5.32 Å². The fraction of sp³-hybridized carbons (Fsp3) is 0.533. The highest BCUT2D eigenvalue weighted by atomic mass is 79.9. The molecule has 1 N–H and O–H groups in total. The van der Waals surface area contributed by atoms with E-state index in [0.717, 1.165) is 27.4 Å². The van der Waals surface area contributed by atoms with Gasteiger partial charge in [-0.1, -0.05) is 18.9 Å². The molecular formula is C15H19Br2NO2. The highest BCUT2D eigenvalue weighted by Gasteiger charge is 2.27. The molecule has 1 atom stereocenters. The molecule has 1 fully saturated rings. The number of carbonyl (C=O) groups is 1. The fourth-order valence-electron chi connectivity index (χ4n) is 2.55. The number of ether oxygens (including phenoxy) is 1. The zero-order valence-corrected chi connectivity index (χ0v) is 14.7. The summed E-state index contributed by atoms with van der Waals surface area (Å²) in [5, 5.41) is 3.45. The quantitative estimate of drug-likeness (QED) is 0.741. The van der Waals surface area contributed by atoms with Gasteiger partial charge >= 0.3 is 5.97 Å². The Balaban J connectivity index is 2.19. The first-order valence-electron chi connectivity index (χ1n) is 6.99. The van der Waals surface area contributed by atoms with E-state index >= 15 is 0 Å². The van der Waals surface area contributed by atoms with E-state index < -0.39 is 0 Å². The number of benzene rings is 1. The Labute approximate surface area is 136 Å². The smallest absolute Gasteiger partial charge is 0.327 e. The van der Waals surface area contributed by atoms with Crippen LogP contribution in [0, 0.1) is 0 Å².